The molecule has 2 fully saturated rings. The standard InChI is InChI=1S/C14H18N2O3/c17-14(19-13-6-7-18-10-13)16-8-12(9-16)15-11-4-2-1-3-5-11/h1-5,12-13,15H,6-10H2. The largest absolute Gasteiger partial charge is 0.444 e. The van der Waals surface area contributed by atoms with Gasteiger partial charge in [0.05, 0.1) is 19.3 Å². The quantitative estimate of drug-likeness (QED) is 0.901. The van der Waals surface area contributed by atoms with E-state index < -0.39 is 0 Å². The van der Waals surface area contributed by atoms with Gasteiger partial charge in [-0.15, -0.1) is 0 Å². The summed E-state index contributed by atoms with van der Waals surface area (Å²) >= 11 is 0. The van der Waals surface area contributed by atoms with E-state index in [1.165, 1.54) is 0 Å². The summed E-state index contributed by atoms with van der Waals surface area (Å²) in [6.07, 6.45) is 0.529. The van der Waals surface area contributed by atoms with Crippen molar-refractivity contribution in [3.63, 3.8) is 0 Å². The molecule has 1 aromatic carbocycles. The lowest BCUT2D eigenvalue weighted by atomic mass is 10.1. The fraction of sp³-hybridized carbons (Fsp3) is 0.500. The van der Waals surface area contributed by atoms with Crippen molar-refractivity contribution in [1.82, 2.24) is 4.90 Å². The highest BCUT2D eigenvalue weighted by molar-refractivity contribution is 5.69. The number of nitrogens with zero attached hydrogens (tertiary/aromatic N) is 1. The summed E-state index contributed by atoms with van der Waals surface area (Å²) in [6.45, 7) is 2.62. The molecular weight excluding hydrogens is 244 g/mol. The molecule has 2 aliphatic rings. The first kappa shape index (κ1) is 12.3. The molecule has 1 atom stereocenters. The van der Waals surface area contributed by atoms with Crippen LogP contribution in [-0.2, 0) is 9.47 Å². The van der Waals surface area contributed by atoms with Gasteiger partial charge < -0.3 is 19.7 Å². The van der Waals surface area contributed by atoms with E-state index in [1.807, 2.05) is 30.3 Å². The zero-order valence-corrected chi connectivity index (χ0v) is 10.7. The van der Waals surface area contributed by atoms with Crippen molar-refractivity contribution in [1.29, 1.82) is 0 Å². The van der Waals surface area contributed by atoms with E-state index in [4.69, 9.17) is 9.47 Å². The SMILES string of the molecule is O=C(OC1CCOC1)N1CC(Nc2ccccc2)C1. The number of hydrogen-bond donors (Lipinski definition) is 1. The summed E-state index contributed by atoms with van der Waals surface area (Å²) in [6, 6.07) is 10.3. The van der Waals surface area contributed by atoms with Crippen LogP contribution in [0.4, 0.5) is 10.5 Å². The minimum Gasteiger partial charge on any atom is -0.444 e. The van der Waals surface area contributed by atoms with Gasteiger partial charge in [-0.2, -0.15) is 0 Å². The first-order chi connectivity index (χ1) is 9.31. The Morgan fingerprint density at radius 2 is 2.11 bits per heavy atom. The molecule has 1 amide bonds. The van der Waals surface area contributed by atoms with Crippen LogP contribution in [0.25, 0.3) is 0 Å². The van der Waals surface area contributed by atoms with Gasteiger partial charge in [0, 0.05) is 25.2 Å². The summed E-state index contributed by atoms with van der Waals surface area (Å²) in [5.74, 6) is 0. The number of carbonyl (C=O) groups excluding carboxylic acids is 1. The maximum Gasteiger partial charge on any atom is 0.410 e. The highest BCUT2D eigenvalue weighted by Crippen LogP contribution is 2.17. The van der Waals surface area contributed by atoms with E-state index in [0.717, 1.165) is 12.1 Å². The fourth-order valence-electron chi connectivity index (χ4n) is 2.31. The zero-order valence-electron chi connectivity index (χ0n) is 10.7. The van der Waals surface area contributed by atoms with Crippen LogP contribution in [-0.4, -0.2) is 49.4 Å². The van der Waals surface area contributed by atoms with Gasteiger partial charge in [0.2, 0.25) is 0 Å². The van der Waals surface area contributed by atoms with Crippen LogP contribution in [0.15, 0.2) is 30.3 Å². The van der Waals surface area contributed by atoms with Crippen molar-refractivity contribution >= 4 is 11.8 Å². The van der Waals surface area contributed by atoms with Crippen molar-refractivity contribution in [2.24, 2.45) is 0 Å². The Kier molecular flexibility index (Phi) is 3.55. The van der Waals surface area contributed by atoms with Gasteiger partial charge in [0.1, 0.15) is 6.10 Å². The molecule has 5 nitrogen and oxygen atoms in total. The monoisotopic (exact) mass is 262 g/mol. The molecule has 0 radical (unpaired) electrons. The van der Waals surface area contributed by atoms with E-state index in [0.29, 0.717) is 32.3 Å². The fourth-order valence-corrected chi connectivity index (χ4v) is 2.31. The highest BCUT2D eigenvalue weighted by atomic mass is 16.6. The number of hydrogen-bond acceptors (Lipinski definition) is 4. The molecule has 3 rings (SSSR count). The van der Waals surface area contributed by atoms with E-state index in [-0.39, 0.29) is 12.2 Å². The molecule has 2 saturated heterocycles. The van der Waals surface area contributed by atoms with Gasteiger partial charge in [-0.05, 0) is 12.1 Å². The molecule has 0 aliphatic carbocycles. The molecule has 0 bridgehead atoms. The average molecular weight is 262 g/mol. The predicted molar refractivity (Wildman–Crippen MR) is 71.1 cm³/mol. The van der Waals surface area contributed by atoms with Crippen molar-refractivity contribution in [3.8, 4) is 0 Å². The topological polar surface area (TPSA) is 50.8 Å². The third-order valence-electron chi connectivity index (χ3n) is 3.44. The summed E-state index contributed by atoms with van der Waals surface area (Å²) in [4.78, 5) is 13.5. The molecule has 2 heterocycles. The van der Waals surface area contributed by atoms with Crippen LogP contribution in [0.3, 0.4) is 0 Å². The number of likely N-dealkylation sites (tertiary alicyclic amines) is 1. The van der Waals surface area contributed by atoms with Crippen LogP contribution >= 0.6 is 0 Å². The highest BCUT2D eigenvalue weighted by Gasteiger charge is 2.33. The first-order valence-electron chi connectivity index (χ1n) is 6.66. The van der Waals surface area contributed by atoms with Crippen molar-refractivity contribution in [2.75, 3.05) is 31.6 Å². The van der Waals surface area contributed by atoms with Gasteiger partial charge in [-0.1, -0.05) is 18.2 Å². The lowest BCUT2D eigenvalue weighted by Crippen LogP contribution is -2.57. The van der Waals surface area contributed by atoms with Crippen molar-refractivity contribution in [3.05, 3.63) is 30.3 Å². The summed E-state index contributed by atoms with van der Waals surface area (Å²) < 4.78 is 10.5. The molecule has 0 spiro atoms. The predicted octanol–water partition coefficient (Wildman–Crippen LogP) is 1.71. The number of rotatable bonds is 3. The number of para-hydroxylation sites is 1. The normalized spacial score (nSPS) is 22.9. The Balaban J connectivity index is 1.41. The number of ether oxygens (including phenoxy) is 2. The minimum atomic E-state index is -0.221. The van der Waals surface area contributed by atoms with E-state index in [9.17, 15) is 4.79 Å². The van der Waals surface area contributed by atoms with Gasteiger partial charge in [0.25, 0.3) is 0 Å². The Labute approximate surface area is 112 Å². The summed E-state index contributed by atoms with van der Waals surface area (Å²) in [5, 5.41) is 3.38. The summed E-state index contributed by atoms with van der Waals surface area (Å²) in [7, 11) is 0. The smallest absolute Gasteiger partial charge is 0.410 e. The molecule has 5 heteroatoms. The molecule has 0 aromatic heterocycles. The van der Waals surface area contributed by atoms with Crippen LogP contribution in [0.2, 0.25) is 0 Å². The van der Waals surface area contributed by atoms with Crippen LogP contribution in [0, 0.1) is 0 Å². The number of carbonyl (C=O) groups is 1. The van der Waals surface area contributed by atoms with E-state index >= 15 is 0 Å². The van der Waals surface area contributed by atoms with Crippen molar-refractivity contribution < 1.29 is 14.3 Å². The van der Waals surface area contributed by atoms with E-state index in [2.05, 4.69) is 5.32 Å². The molecule has 102 valence electrons. The number of amides is 1. The van der Waals surface area contributed by atoms with Crippen LogP contribution in [0.5, 0.6) is 0 Å². The number of benzene rings is 1. The number of anilines is 1. The lowest BCUT2D eigenvalue weighted by molar-refractivity contribution is 0.0376. The molecule has 1 N–H and O–H groups in total. The Hall–Kier alpha value is -1.75. The zero-order chi connectivity index (χ0) is 13.1. The third-order valence-corrected chi connectivity index (χ3v) is 3.44. The molecular formula is C14H18N2O3. The average Bonchev–Trinajstić information content (AvgIpc) is 2.87. The molecule has 0 saturated carbocycles. The molecule has 19 heavy (non-hydrogen) atoms. The van der Waals surface area contributed by atoms with Crippen molar-refractivity contribution in [2.45, 2.75) is 18.6 Å². The molecule has 1 unspecified atom stereocenters. The van der Waals surface area contributed by atoms with Gasteiger partial charge >= 0.3 is 6.09 Å². The summed E-state index contributed by atoms with van der Waals surface area (Å²) in [5.41, 5.74) is 1.09. The Bertz CT molecular complexity index is 426. The molecule has 2 aliphatic heterocycles. The second-order valence-electron chi connectivity index (χ2n) is 4.98. The van der Waals surface area contributed by atoms with Crippen LogP contribution < -0.4 is 5.32 Å². The second kappa shape index (κ2) is 5.48. The van der Waals surface area contributed by atoms with E-state index in [1.54, 1.807) is 4.90 Å². The minimum absolute atomic E-state index is 0.0615. The maximum absolute atomic E-state index is 11.8. The molecule has 1 aromatic rings. The second-order valence-corrected chi connectivity index (χ2v) is 4.98. The number of nitrogens with one attached hydrogen (secondary N) is 1. The van der Waals surface area contributed by atoms with Gasteiger partial charge in [0.15, 0.2) is 0 Å². The Morgan fingerprint density at radius 3 is 2.79 bits per heavy atom. The maximum atomic E-state index is 11.8. The third kappa shape index (κ3) is 2.98. The van der Waals surface area contributed by atoms with Crippen LogP contribution in [0.1, 0.15) is 6.42 Å². The van der Waals surface area contributed by atoms with Gasteiger partial charge in [-0.3, -0.25) is 0 Å². The lowest BCUT2D eigenvalue weighted by Gasteiger charge is -2.39. The Morgan fingerprint density at radius 1 is 1.32 bits per heavy atom. The van der Waals surface area contributed by atoms with Gasteiger partial charge in [-0.25, -0.2) is 4.79 Å². The first-order valence-corrected chi connectivity index (χ1v) is 6.66.